The second-order valence-corrected chi connectivity index (χ2v) is 6.31. The number of ether oxygens (including phenoxy) is 2. The Morgan fingerprint density at radius 3 is 2.35 bits per heavy atom. The number of anilines is 1. The second kappa shape index (κ2) is 8.02. The van der Waals surface area contributed by atoms with Crippen LogP contribution in [0, 0.1) is 0 Å². The summed E-state index contributed by atoms with van der Waals surface area (Å²) in [5.41, 5.74) is 0.680. The van der Waals surface area contributed by atoms with Gasteiger partial charge in [0.1, 0.15) is 11.5 Å². The van der Waals surface area contributed by atoms with Gasteiger partial charge in [-0.1, -0.05) is 22.0 Å². The van der Waals surface area contributed by atoms with Crippen molar-refractivity contribution < 1.29 is 14.3 Å². The molecule has 1 amide bonds. The van der Waals surface area contributed by atoms with Crippen molar-refractivity contribution in [1.82, 2.24) is 0 Å². The summed E-state index contributed by atoms with van der Waals surface area (Å²) < 4.78 is 12.2. The highest BCUT2D eigenvalue weighted by Crippen LogP contribution is 2.20. The van der Waals surface area contributed by atoms with E-state index < -0.39 is 6.10 Å². The topological polar surface area (TPSA) is 47.6 Å². The first kappa shape index (κ1) is 17.3. The van der Waals surface area contributed by atoms with E-state index in [1.807, 2.05) is 56.3 Å². The summed E-state index contributed by atoms with van der Waals surface area (Å²) in [5, 5.41) is 2.83. The molecule has 23 heavy (non-hydrogen) atoms. The standard InChI is InChI=1S/C18H20BrNO3/c1-12(2)22-17-6-4-5-15(11-17)20-18(21)13(3)23-16-9-7-14(19)8-10-16/h4-13H,1-3H3,(H,20,21)/t13-/m0/s1. The van der Waals surface area contributed by atoms with Crippen LogP contribution in [-0.4, -0.2) is 18.1 Å². The van der Waals surface area contributed by atoms with Crippen LogP contribution in [0.15, 0.2) is 53.0 Å². The Kier molecular flexibility index (Phi) is 6.04. The summed E-state index contributed by atoms with van der Waals surface area (Å²) in [4.78, 5) is 12.2. The van der Waals surface area contributed by atoms with E-state index in [0.717, 1.165) is 10.2 Å². The van der Waals surface area contributed by atoms with Gasteiger partial charge in [0.15, 0.2) is 6.10 Å². The first-order valence-electron chi connectivity index (χ1n) is 7.44. The van der Waals surface area contributed by atoms with Crippen LogP contribution in [0.5, 0.6) is 11.5 Å². The SMILES string of the molecule is CC(C)Oc1cccc(NC(=O)[C@H](C)Oc2ccc(Br)cc2)c1. The van der Waals surface area contributed by atoms with Crippen LogP contribution in [0.25, 0.3) is 0 Å². The van der Waals surface area contributed by atoms with Crippen LogP contribution in [-0.2, 0) is 4.79 Å². The van der Waals surface area contributed by atoms with Crippen molar-refractivity contribution in [3.8, 4) is 11.5 Å². The number of hydrogen-bond donors (Lipinski definition) is 1. The van der Waals surface area contributed by atoms with Crippen molar-refractivity contribution in [2.45, 2.75) is 33.0 Å². The van der Waals surface area contributed by atoms with E-state index >= 15 is 0 Å². The molecule has 0 radical (unpaired) electrons. The molecule has 1 N–H and O–H groups in total. The minimum absolute atomic E-state index is 0.0839. The molecule has 4 nitrogen and oxygen atoms in total. The maximum atomic E-state index is 12.2. The summed E-state index contributed by atoms with van der Waals surface area (Å²) in [5.74, 6) is 1.15. The van der Waals surface area contributed by atoms with E-state index in [1.165, 1.54) is 0 Å². The minimum atomic E-state index is -0.606. The monoisotopic (exact) mass is 377 g/mol. The lowest BCUT2D eigenvalue weighted by atomic mass is 10.2. The van der Waals surface area contributed by atoms with Gasteiger partial charge in [-0.2, -0.15) is 0 Å². The van der Waals surface area contributed by atoms with Gasteiger partial charge in [0.25, 0.3) is 5.91 Å². The van der Waals surface area contributed by atoms with E-state index in [9.17, 15) is 4.79 Å². The van der Waals surface area contributed by atoms with Gasteiger partial charge in [-0.15, -0.1) is 0 Å². The summed E-state index contributed by atoms with van der Waals surface area (Å²) in [6.45, 7) is 5.63. The molecule has 2 aromatic carbocycles. The van der Waals surface area contributed by atoms with Crippen LogP contribution >= 0.6 is 15.9 Å². The number of halogens is 1. The number of carbonyl (C=O) groups is 1. The van der Waals surface area contributed by atoms with Gasteiger partial charge >= 0.3 is 0 Å². The molecule has 2 rings (SSSR count). The van der Waals surface area contributed by atoms with Crippen LogP contribution in [0.1, 0.15) is 20.8 Å². The van der Waals surface area contributed by atoms with Crippen molar-refractivity contribution in [1.29, 1.82) is 0 Å². The lowest BCUT2D eigenvalue weighted by molar-refractivity contribution is -0.122. The number of nitrogens with one attached hydrogen (secondary N) is 1. The number of amides is 1. The minimum Gasteiger partial charge on any atom is -0.491 e. The van der Waals surface area contributed by atoms with Crippen molar-refractivity contribution in [3.05, 3.63) is 53.0 Å². The van der Waals surface area contributed by atoms with Gasteiger partial charge in [0.05, 0.1) is 6.10 Å². The van der Waals surface area contributed by atoms with E-state index in [4.69, 9.17) is 9.47 Å². The van der Waals surface area contributed by atoms with E-state index in [-0.39, 0.29) is 12.0 Å². The van der Waals surface area contributed by atoms with Gasteiger partial charge in [0, 0.05) is 16.2 Å². The van der Waals surface area contributed by atoms with Crippen LogP contribution in [0.2, 0.25) is 0 Å². The number of rotatable bonds is 6. The maximum absolute atomic E-state index is 12.2. The molecule has 122 valence electrons. The predicted molar refractivity (Wildman–Crippen MR) is 95.1 cm³/mol. The Hall–Kier alpha value is -2.01. The number of hydrogen-bond acceptors (Lipinski definition) is 3. The Bertz CT molecular complexity index is 656. The van der Waals surface area contributed by atoms with Gasteiger partial charge < -0.3 is 14.8 Å². The predicted octanol–water partition coefficient (Wildman–Crippen LogP) is 4.64. The van der Waals surface area contributed by atoms with Crippen LogP contribution < -0.4 is 14.8 Å². The fraction of sp³-hybridized carbons (Fsp3) is 0.278. The summed E-state index contributed by atoms with van der Waals surface area (Å²) in [7, 11) is 0. The molecule has 0 heterocycles. The van der Waals surface area contributed by atoms with Crippen LogP contribution in [0.4, 0.5) is 5.69 Å². The molecule has 0 spiro atoms. The number of carbonyl (C=O) groups excluding carboxylic acids is 1. The lowest BCUT2D eigenvalue weighted by Crippen LogP contribution is -2.30. The maximum Gasteiger partial charge on any atom is 0.265 e. The zero-order chi connectivity index (χ0) is 16.8. The molecule has 0 fully saturated rings. The van der Waals surface area contributed by atoms with Crippen LogP contribution in [0.3, 0.4) is 0 Å². The molecule has 0 unspecified atom stereocenters. The summed E-state index contributed by atoms with van der Waals surface area (Å²) in [6.07, 6.45) is -0.522. The Labute approximate surface area is 144 Å². The van der Waals surface area contributed by atoms with Crippen molar-refractivity contribution in [3.63, 3.8) is 0 Å². The highest BCUT2D eigenvalue weighted by Gasteiger charge is 2.15. The van der Waals surface area contributed by atoms with Gasteiger partial charge in [-0.3, -0.25) is 4.79 Å². The molecule has 0 aromatic heterocycles. The molecule has 5 heteroatoms. The molecule has 0 bridgehead atoms. The lowest BCUT2D eigenvalue weighted by Gasteiger charge is -2.16. The molecule has 2 aromatic rings. The third kappa shape index (κ3) is 5.60. The fourth-order valence-electron chi connectivity index (χ4n) is 1.93. The molecule has 1 atom stereocenters. The fourth-order valence-corrected chi connectivity index (χ4v) is 2.20. The smallest absolute Gasteiger partial charge is 0.265 e. The zero-order valence-electron chi connectivity index (χ0n) is 13.4. The second-order valence-electron chi connectivity index (χ2n) is 5.40. The van der Waals surface area contributed by atoms with Crippen molar-refractivity contribution in [2.75, 3.05) is 5.32 Å². The highest BCUT2D eigenvalue weighted by atomic mass is 79.9. The average molecular weight is 378 g/mol. The third-order valence-corrected chi connectivity index (χ3v) is 3.50. The Balaban J connectivity index is 1.96. The number of benzene rings is 2. The Morgan fingerprint density at radius 2 is 1.70 bits per heavy atom. The quantitative estimate of drug-likeness (QED) is 0.797. The molecule has 0 aliphatic heterocycles. The average Bonchev–Trinajstić information content (AvgIpc) is 2.49. The molecule has 0 saturated carbocycles. The van der Waals surface area contributed by atoms with Gasteiger partial charge in [-0.05, 0) is 57.2 Å². The summed E-state index contributed by atoms with van der Waals surface area (Å²) >= 11 is 3.36. The van der Waals surface area contributed by atoms with E-state index in [2.05, 4.69) is 21.2 Å². The zero-order valence-corrected chi connectivity index (χ0v) is 15.0. The first-order chi connectivity index (χ1) is 10.9. The Morgan fingerprint density at radius 1 is 1.00 bits per heavy atom. The first-order valence-corrected chi connectivity index (χ1v) is 8.23. The largest absolute Gasteiger partial charge is 0.491 e. The molecule has 0 aliphatic rings. The van der Waals surface area contributed by atoms with E-state index in [0.29, 0.717) is 11.4 Å². The van der Waals surface area contributed by atoms with Crippen molar-refractivity contribution in [2.24, 2.45) is 0 Å². The third-order valence-electron chi connectivity index (χ3n) is 2.97. The van der Waals surface area contributed by atoms with Gasteiger partial charge in [-0.25, -0.2) is 0 Å². The van der Waals surface area contributed by atoms with E-state index in [1.54, 1.807) is 13.0 Å². The normalized spacial score (nSPS) is 11.9. The summed E-state index contributed by atoms with van der Waals surface area (Å²) in [6, 6.07) is 14.7. The molecular weight excluding hydrogens is 358 g/mol. The molecular formula is C18H20BrNO3. The molecule has 0 saturated heterocycles. The molecule has 0 aliphatic carbocycles. The van der Waals surface area contributed by atoms with Crippen molar-refractivity contribution >= 4 is 27.5 Å². The highest BCUT2D eigenvalue weighted by molar-refractivity contribution is 9.10. The van der Waals surface area contributed by atoms with Gasteiger partial charge in [0.2, 0.25) is 0 Å².